The van der Waals surface area contributed by atoms with E-state index in [1.165, 1.54) is 16.6 Å². The minimum atomic E-state index is -0.478. The van der Waals surface area contributed by atoms with E-state index in [1.807, 2.05) is 48.7 Å². The summed E-state index contributed by atoms with van der Waals surface area (Å²) in [7, 11) is 0. The van der Waals surface area contributed by atoms with Gasteiger partial charge in [0.25, 0.3) is 0 Å². The van der Waals surface area contributed by atoms with Crippen molar-refractivity contribution < 1.29 is 9.59 Å². The molecule has 2 aromatic heterocycles. The maximum Gasteiger partial charge on any atom is 0.321 e. The molecular formula is C18H18N4O2S2. The van der Waals surface area contributed by atoms with Gasteiger partial charge < -0.3 is 5.32 Å². The van der Waals surface area contributed by atoms with Crippen molar-refractivity contribution in [3.63, 3.8) is 0 Å². The Hall–Kier alpha value is -2.45. The van der Waals surface area contributed by atoms with Crippen molar-refractivity contribution in [3.8, 4) is 0 Å². The zero-order valence-corrected chi connectivity index (χ0v) is 15.8. The van der Waals surface area contributed by atoms with Gasteiger partial charge in [0.1, 0.15) is 5.03 Å². The van der Waals surface area contributed by atoms with Crippen LogP contribution in [0.1, 0.15) is 10.6 Å². The van der Waals surface area contributed by atoms with E-state index >= 15 is 0 Å². The molecule has 3 aromatic rings. The van der Waals surface area contributed by atoms with Gasteiger partial charge in [-0.25, -0.2) is 14.8 Å². The van der Waals surface area contributed by atoms with Crippen molar-refractivity contribution >= 4 is 46.1 Å². The van der Waals surface area contributed by atoms with Crippen LogP contribution in [-0.4, -0.2) is 34.2 Å². The number of benzene rings is 1. The molecule has 2 N–H and O–H groups in total. The van der Waals surface area contributed by atoms with Gasteiger partial charge in [-0.05, 0) is 36.9 Å². The standard InChI is InChI=1S/C18H18N4O2S2/c1-12-17(21-15-7-3-2-6-14(15)20-12)26-11-16(23)22-18(24)19-9-8-13-5-4-10-25-13/h2-7,10H,8-9,11H2,1H3,(H2,19,22,23,24). The molecule has 3 amide bonds. The fourth-order valence-electron chi connectivity index (χ4n) is 2.30. The normalized spacial score (nSPS) is 10.7. The minimum absolute atomic E-state index is 0.103. The number of nitrogens with one attached hydrogen (secondary N) is 2. The number of aromatic nitrogens is 2. The van der Waals surface area contributed by atoms with E-state index < -0.39 is 6.03 Å². The summed E-state index contributed by atoms with van der Waals surface area (Å²) in [4.78, 5) is 33.9. The largest absolute Gasteiger partial charge is 0.337 e. The van der Waals surface area contributed by atoms with Crippen LogP contribution in [0.4, 0.5) is 4.79 Å². The second-order valence-electron chi connectivity index (χ2n) is 5.52. The Kier molecular flexibility index (Phi) is 6.19. The number of nitrogens with zero attached hydrogens (tertiary/aromatic N) is 2. The van der Waals surface area contributed by atoms with Gasteiger partial charge in [0.2, 0.25) is 5.91 Å². The van der Waals surface area contributed by atoms with E-state index in [0.29, 0.717) is 11.6 Å². The van der Waals surface area contributed by atoms with Crippen LogP contribution in [0, 0.1) is 6.92 Å². The Bertz CT molecular complexity index is 913. The lowest BCUT2D eigenvalue weighted by Crippen LogP contribution is -2.41. The predicted molar refractivity (Wildman–Crippen MR) is 105 cm³/mol. The minimum Gasteiger partial charge on any atom is -0.337 e. The number of carbonyl (C=O) groups is 2. The third-order valence-electron chi connectivity index (χ3n) is 3.53. The Morgan fingerprint density at radius 1 is 1.12 bits per heavy atom. The molecule has 134 valence electrons. The average molecular weight is 387 g/mol. The fourth-order valence-corrected chi connectivity index (χ4v) is 3.77. The van der Waals surface area contributed by atoms with E-state index in [0.717, 1.165) is 23.1 Å². The van der Waals surface area contributed by atoms with E-state index in [2.05, 4.69) is 20.6 Å². The van der Waals surface area contributed by atoms with E-state index in [1.54, 1.807) is 11.3 Å². The number of imide groups is 1. The van der Waals surface area contributed by atoms with Gasteiger partial charge in [0, 0.05) is 11.4 Å². The molecule has 0 saturated heterocycles. The van der Waals surface area contributed by atoms with Crippen LogP contribution >= 0.6 is 23.1 Å². The van der Waals surface area contributed by atoms with Crippen LogP contribution in [0.25, 0.3) is 11.0 Å². The fraction of sp³-hybridized carbons (Fsp3) is 0.222. The van der Waals surface area contributed by atoms with Crippen molar-refractivity contribution in [2.75, 3.05) is 12.3 Å². The van der Waals surface area contributed by atoms with Crippen LogP contribution in [-0.2, 0) is 11.2 Å². The van der Waals surface area contributed by atoms with Gasteiger partial charge >= 0.3 is 6.03 Å². The summed E-state index contributed by atoms with van der Waals surface area (Å²) in [5.41, 5.74) is 2.37. The summed E-state index contributed by atoms with van der Waals surface area (Å²) in [6.45, 7) is 2.35. The highest BCUT2D eigenvalue weighted by Crippen LogP contribution is 2.21. The first-order valence-corrected chi connectivity index (χ1v) is 9.94. The molecule has 0 bridgehead atoms. The molecule has 0 radical (unpaired) electrons. The molecule has 3 rings (SSSR count). The number of thioether (sulfide) groups is 1. The monoisotopic (exact) mass is 386 g/mol. The molecule has 0 fully saturated rings. The molecule has 0 aliphatic carbocycles. The maximum atomic E-state index is 12.0. The number of hydrogen-bond acceptors (Lipinski definition) is 6. The second-order valence-corrected chi connectivity index (χ2v) is 7.52. The van der Waals surface area contributed by atoms with Crippen LogP contribution < -0.4 is 10.6 Å². The van der Waals surface area contributed by atoms with E-state index in [9.17, 15) is 9.59 Å². The third-order valence-corrected chi connectivity index (χ3v) is 5.53. The smallest absolute Gasteiger partial charge is 0.321 e. The molecule has 0 aliphatic rings. The lowest BCUT2D eigenvalue weighted by molar-refractivity contribution is -0.117. The maximum absolute atomic E-state index is 12.0. The van der Waals surface area contributed by atoms with Crippen LogP contribution in [0.2, 0.25) is 0 Å². The average Bonchev–Trinajstić information content (AvgIpc) is 3.13. The number of rotatable bonds is 6. The number of urea groups is 1. The second kappa shape index (κ2) is 8.77. The summed E-state index contributed by atoms with van der Waals surface area (Å²) >= 11 is 2.91. The molecule has 0 unspecified atom stereocenters. The Morgan fingerprint density at radius 2 is 1.88 bits per heavy atom. The summed E-state index contributed by atoms with van der Waals surface area (Å²) < 4.78 is 0. The topological polar surface area (TPSA) is 84.0 Å². The van der Waals surface area contributed by atoms with Gasteiger partial charge in [-0.2, -0.15) is 0 Å². The van der Waals surface area contributed by atoms with Crippen LogP contribution in [0.15, 0.2) is 46.8 Å². The van der Waals surface area contributed by atoms with Gasteiger partial charge in [-0.3, -0.25) is 10.1 Å². The molecule has 0 atom stereocenters. The highest BCUT2D eigenvalue weighted by molar-refractivity contribution is 7.99. The van der Waals surface area contributed by atoms with Crippen LogP contribution in [0.3, 0.4) is 0 Å². The van der Waals surface area contributed by atoms with Gasteiger partial charge in [0.15, 0.2) is 0 Å². The zero-order valence-electron chi connectivity index (χ0n) is 14.2. The van der Waals surface area contributed by atoms with Gasteiger partial charge in [-0.15, -0.1) is 11.3 Å². The molecule has 2 heterocycles. The first kappa shape index (κ1) is 18.3. The lowest BCUT2D eigenvalue weighted by Gasteiger charge is -2.07. The van der Waals surface area contributed by atoms with Crippen LogP contribution in [0.5, 0.6) is 0 Å². The molecule has 1 aromatic carbocycles. The van der Waals surface area contributed by atoms with Gasteiger partial charge in [-0.1, -0.05) is 30.0 Å². The first-order valence-electron chi connectivity index (χ1n) is 8.08. The number of hydrogen-bond donors (Lipinski definition) is 2. The number of thiophene rings is 1. The molecule has 0 aliphatic heterocycles. The summed E-state index contributed by atoms with van der Waals surface area (Å²) in [5.74, 6) is -0.260. The number of fused-ring (bicyclic) bond motifs is 1. The number of amides is 3. The Labute approximate surface area is 159 Å². The Morgan fingerprint density at radius 3 is 2.62 bits per heavy atom. The van der Waals surface area contributed by atoms with Crippen molar-refractivity contribution in [1.29, 1.82) is 0 Å². The number of carbonyl (C=O) groups excluding carboxylic acids is 2. The number of aryl methyl sites for hydroxylation is 1. The predicted octanol–water partition coefficient (Wildman–Crippen LogP) is 3.16. The van der Waals surface area contributed by atoms with Crippen molar-refractivity contribution in [3.05, 3.63) is 52.3 Å². The molecule has 26 heavy (non-hydrogen) atoms. The first-order chi connectivity index (χ1) is 12.6. The molecule has 0 spiro atoms. The molecule has 6 nitrogen and oxygen atoms in total. The highest BCUT2D eigenvalue weighted by atomic mass is 32.2. The Balaban J connectivity index is 1.46. The number of para-hydroxylation sites is 2. The third kappa shape index (κ3) is 5.03. The van der Waals surface area contributed by atoms with E-state index in [-0.39, 0.29) is 11.7 Å². The van der Waals surface area contributed by atoms with Crippen molar-refractivity contribution in [2.24, 2.45) is 0 Å². The summed E-state index contributed by atoms with van der Waals surface area (Å²) in [5, 5.41) is 7.70. The summed E-state index contributed by atoms with van der Waals surface area (Å²) in [6, 6.07) is 11.1. The molecule has 0 saturated carbocycles. The zero-order chi connectivity index (χ0) is 18.4. The van der Waals surface area contributed by atoms with E-state index in [4.69, 9.17) is 0 Å². The van der Waals surface area contributed by atoms with Gasteiger partial charge in [0.05, 0.1) is 22.5 Å². The van der Waals surface area contributed by atoms with Crippen molar-refractivity contribution in [2.45, 2.75) is 18.4 Å². The highest BCUT2D eigenvalue weighted by Gasteiger charge is 2.11. The summed E-state index contributed by atoms with van der Waals surface area (Å²) in [6.07, 6.45) is 0.750. The molecular weight excluding hydrogens is 368 g/mol. The lowest BCUT2D eigenvalue weighted by atomic mass is 10.3. The van der Waals surface area contributed by atoms with Crippen molar-refractivity contribution in [1.82, 2.24) is 20.6 Å². The quantitative estimate of drug-likeness (QED) is 0.636. The SMILES string of the molecule is Cc1nc2ccccc2nc1SCC(=O)NC(=O)NCCc1cccs1. The molecule has 8 heteroatoms.